The van der Waals surface area contributed by atoms with E-state index in [9.17, 15) is 8.78 Å². The average Bonchev–Trinajstić information content (AvgIpc) is 2.41. The molecule has 0 bridgehead atoms. The Labute approximate surface area is 147 Å². The molecule has 0 spiro atoms. The van der Waals surface area contributed by atoms with Gasteiger partial charge in [-0.3, -0.25) is 4.90 Å². The highest BCUT2D eigenvalue weighted by Gasteiger charge is 2.31. The van der Waals surface area contributed by atoms with Crippen LogP contribution < -0.4 is 10.2 Å². The molecule has 1 aromatic rings. The van der Waals surface area contributed by atoms with Crippen molar-refractivity contribution in [3.8, 4) is 0 Å². The van der Waals surface area contributed by atoms with Gasteiger partial charge in [0.25, 0.3) is 6.43 Å². The molecule has 1 aliphatic heterocycles. The Morgan fingerprint density at radius 1 is 1.18 bits per heavy atom. The van der Waals surface area contributed by atoms with Gasteiger partial charge in [0.2, 0.25) is 0 Å². The molecule has 1 atom stereocenters. The van der Waals surface area contributed by atoms with Crippen LogP contribution in [-0.4, -0.2) is 51.6 Å². The van der Waals surface area contributed by atoms with E-state index >= 15 is 0 Å². The number of alkyl halides is 2. The third-order valence-corrected chi connectivity index (χ3v) is 3.93. The maximum absolute atomic E-state index is 13.5. The van der Waals surface area contributed by atoms with E-state index in [2.05, 4.69) is 5.32 Å². The Hall–Kier alpha value is -0.330. The van der Waals surface area contributed by atoms with E-state index in [1.54, 1.807) is 17.0 Å². The summed E-state index contributed by atoms with van der Waals surface area (Å²) in [6.07, 6.45) is -2.45. The smallest absolute Gasteiger partial charge is 0.258 e. The summed E-state index contributed by atoms with van der Waals surface area (Å²) in [5.74, 6) is 0. The van der Waals surface area contributed by atoms with E-state index in [4.69, 9.17) is 11.6 Å². The van der Waals surface area contributed by atoms with Gasteiger partial charge in [0, 0.05) is 51.0 Å². The molecule has 2 rings (SSSR count). The third-order valence-electron chi connectivity index (χ3n) is 3.60. The number of nitrogens with zero attached hydrogens (tertiary/aromatic N) is 2. The van der Waals surface area contributed by atoms with Crippen molar-refractivity contribution >= 4 is 42.1 Å². The second-order valence-electron chi connectivity index (χ2n) is 5.17. The second kappa shape index (κ2) is 9.73. The van der Waals surface area contributed by atoms with Crippen molar-refractivity contribution in [1.29, 1.82) is 0 Å². The van der Waals surface area contributed by atoms with Crippen LogP contribution in [0.1, 0.15) is 11.6 Å². The summed E-state index contributed by atoms with van der Waals surface area (Å²) in [7, 11) is 3.79. The summed E-state index contributed by atoms with van der Waals surface area (Å²) in [5.41, 5.74) is 1.42. The first-order valence-electron chi connectivity index (χ1n) is 6.70. The van der Waals surface area contributed by atoms with Gasteiger partial charge in [-0.05, 0) is 17.7 Å². The lowest BCUT2D eigenvalue weighted by atomic mass is 10.0. The first kappa shape index (κ1) is 21.7. The molecule has 1 fully saturated rings. The van der Waals surface area contributed by atoms with Gasteiger partial charge in [0.1, 0.15) is 0 Å². The number of halogens is 5. The highest BCUT2D eigenvalue weighted by molar-refractivity contribution is 6.31. The van der Waals surface area contributed by atoms with Gasteiger partial charge in [0.05, 0.1) is 6.04 Å². The molecule has 1 saturated heterocycles. The average molecular weight is 377 g/mol. The molecular formula is C14H22Cl3F2N3. The topological polar surface area (TPSA) is 18.5 Å². The Bertz CT molecular complexity index is 455. The Morgan fingerprint density at radius 2 is 1.77 bits per heavy atom. The monoisotopic (exact) mass is 375 g/mol. The van der Waals surface area contributed by atoms with E-state index in [-0.39, 0.29) is 24.8 Å². The third kappa shape index (κ3) is 5.10. The number of benzene rings is 1. The molecule has 1 N–H and O–H groups in total. The minimum Gasteiger partial charge on any atom is -0.378 e. The molecule has 1 aliphatic rings. The standard InChI is InChI=1S/C14H20ClF2N3.2ClH/c1-19(2)10-3-4-11(12(15)9-10)13(14(16)17)20-7-5-18-6-8-20;;/h3-4,9,13-14,18H,5-8H2,1-2H3;2*1H/t13-;;/m1../s1. The maximum Gasteiger partial charge on any atom is 0.258 e. The Balaban J connectivity index is 0.00000220. The first-order valence-corrected chi connectivity index (χ1v) is 7.08. The van der Waals surface area contributed by atoms with Crippen LogP contribution in [0.3, 0.4) is 0 Å². The van der Waals surface area contributed by atoms with Crippen LogP contribution in [0.15, 0.2) is 18.2 Å². The molecule has 0 aromatic heterocycles. The molecule has 0 aliphatic carbocycles. The number of nitrogens with one attached hydrogen (secondary N) is 1. The molecule has 0 radical (unpaired) electrons. The van der Waals surface area contributed by atoms with Gasteiger partial charge in [-0.1, -0.05) is 17.7 Å². The van der Waals surface area contributed by atoms with Crippen LogP contribution in [0.25, 0.3) is 0 Å². The highest BCUT2D eigenvalue weighted by atomic mass is 35.5. The summed E-state index contributed by atoms with van der Waals surface area (Å²) in [5, 5.41) is 3.58. The van der Waals surface area contributed by atoms with E-state index in [1.165, 1.54) is 0 Å². The molecule has 0 saturated carbocycles. The van der Waals surface area contributed by atoms with E-state index < -0.39 is 12.5 Å². The van der Waals surface area contributed by atoms with Crippen molar-refractivity contribution in [3.05, 3.63) is 28.8 Å². The zero-order valence-corrected chi connectivity index (χ0v) is 14.9. The van der Waals surface area contributed by atoms with Crippen molar-refractivity contribution < 1.29 is 8.78 Å². The molecule has 3 nitrogen and oxygen atoms in total. The SMILES string of the molecule is CN(C)c1ccc([C@H](C(F)F)N2CCNCC2)c(Cl)c1.Cl.Cl. The van der Waals surface area contributed by atoms with Gasteiger partial charge in [-0.25, -0.2) is 8.78 Å². The first-order chi connectivity index (χ1) is 9.50. The van der Waals surface area contributed by atoms with E-state index in [0.717, 1.165) is 18.8 Å². The zero-order chi connectivity index (χ0) is 14.7. The summed E-state index contributed by atoms with van der Waals surface area (Å²) < 4.78 is 27.0. The molecule has 22 heavy (non-hydrogen) atoms. The van der Waals surface area contributed by atoms with Crippen molar-refractivity contribution in [3.63, 3.8) is 0 Å². The fraction of sp³-hybridized carbons (Fsp3) is 0.571. The highest BCUT2D eigenvalue weighted by Crippen LogP contribution is 2.34. The second-order valence-corrected chi connectivity index (χ2v) is 5.57. The quantitative estimate of drug-likeness (QED) is 0.868. The van der Waals surface area contributed by atoms with Crippen molar-refractivity contribution in [1.82, 2.24) is 10.2 Å². The maximum atomic E-state index is 13.5. The molecule has 8 heteroatoms. The fourth-order valence-corrected chi connectivity index (χ4v) is 2.77. The zero-order valence-electron chi connectivity index (χ0n) is 12.6. The largest absolute Gasteiger partial charge is 0.378 e. The molecule has 0 amide bonds. The van der Waals surface area contributed by atoms with Crippen molar-refractivity contribution in [2.45, 2.75) is 12.5 Å². The number of hydrogen-bond donors (Lipinski definition) is 1. The van der Waals surface area contributed by atoms with Crippen LogP contribution in [0.2, 0.25) is 5.02 Å². The fourth-order valence-electron chi connectivity index (χ4n) is 2.49. The molecule has 1 aromatic carbocycles. The van der Waals surface area contributed by atoms with Crippen LogP contribution in [0.4, 0.5) is 14.5 Å². The van der Waals surface area contributed by atoms with Gasteiger partial charge in [-0.2, -0.15) is 0 Å². The number of piperazine rings is 1. The lowest BCUT2D eigenvalue weighted by Crippen LogP contribution is -2.47. The minimum atomic E-state index is -2.45. The van der Waals surface area contributed by atoms with Gasteiger partial charge >= 0.3 is 0 Å². The van der Waals surface area contributed by atoms with Crippen LogP contribution in [0, 0.1) is 0 Å². The number of hydrogen-bond acceptors (Lipinski definition) is 3. The lowest BCUT2D eigenvalue weighted by Gasteiger charge is -2.35. The van der Waals surface area contributed by atoms with Gasteiger partial charge < -0.3 is 10.2 Å². The van der Waals surface area contributed by atoms with Crippen LogP contribution in [0.5, 0.6) is 0 Å². The van der Waals surface area contributed by atoms with Gasteiger partial charge in [-0.15, -0.1) is 24.8 Å². The molecule has 0 unspecified atom stereocenters. The molecule has 128 valence electrons. The van der Waals surface area contributed by atoms with Crippen molar-refractivity contribution in [2.75, 3.05) is 45.2 Å². The molecule has 1 heterocycles. The van der Waals surface area contributed by atoms with Crippen LogP contribution >= 0.6 is 36.4 Å². The van der Waals surface area contributed by atoms with E-state index in [1.807, 2.05) is 25.1 Å². The van der Waals surface area contributed by atoms with Gasteiger partial charge in [0.15, 0.2) is 0 Å². The summed E-state index contributed by atoms with van der Waals surface area (Å²) in [6.45, 7) is 2.69. The normalized spacial score (nSPS) is 16.6. The number of rotatable bonds is 4. The summed E-state index contributed by atoms with van der Waals surface area (Å²) in [4.78, 5) is 3.70. The predicted octanol–water partition coefficient (Wildman–Crippen LogP) is 3.46. The van der Waals surface area contributed by atoms with E-state index in [0.29, 0.717) is 23.7 Å². The Kier molecular flexibility index (Phi) is 9.58. The van der Waals surface area contributed by atoms with Crippen LogP contribution in [-0.2, 0) is 0 Å². The Morgan fingerprint density at radius 3 is 2.23 bits per heavy atom. The predicted molar refractivity (Wildman–Crippen MR) is 93.5 cm³/mol. The van der Waals surface area contributed by atoms with Crippen molar-refractivity contribution in [2.24, 2.45) is 0 Å². The lowest BCUT2D eigenvalue weighted by molar-refractivity contribution is 0.0182. The number of anilines is 1. The minimum absolute atomic E-state index is 0. The summed E-state index contributed by atoms with van der Waals surface area (Å²) >= 11 is 6.23. The molecular weight excluding hydrogens is 355 g/mol. The summed E-state index contributed by atoms with van der Waals surface area (Å²) in [6, 6.07) is 4.37.